The standard InChI is InChI=1S/C16H22O3S/c1-16(2,3)19-14(17)11-7-8-12-15(18)20-13-9-5-4-6-10-13/h4-6,9-10H,7-8,11-12H2,1-3H3. The smallest absolute Gasteiger partial charge is 0.306 e. The van der Waals surface area contributed by atoms with E-state index < -0.39 is 5.60 Å². The molecular formula is C16H22O3S. The molecule has 0 saturated heterocycles. The highest BCUT2D eigenvalue weighted by molar-refractivity contribution is 8.13. The van der Waals surface area contributed by atoms with Crippen LogP contribution in [0.4, 0.5) is 0 Å². The lowest BCUT2D eigenvalue weighted by Gasteiger charge is -2.19. The summed E-state index contributed by atoms with van der Waals surface area (Å²) in [5.74, 6) is -0.194. The predicted octanol–water partition coefficient (Wildman–Crippen LogP) is 4.21. The number of carbonyl (C=O) groups excluding carboxylic acids is 2. The number of hydrogen-bond acceptors (Lipinski definition) is 4. The maximum absolute atomic E-state index is 11.7. The summed E-state index contributed by atoms with van der Waals surface area (Å²) < 4.78 is 5.21. The van der Waals surface area contributed by atoms with Gasteiger partial charge in [-0.3, -0.25) is 9.59 Å². The lowest BCUT2D eigenvalue weighted by Crippen LogP contribution is -2.23. The van der Waals surface area contributed by atoms with Crippen LogP contribution in [-0.4, -0.2) is 16.7 Å². The van der Waals surface area contributed by atoms with E-state index in [9.17, 15) is 9.59 Å². The molecule has 0 radical (unpaired) electrons. The van der Waals surface area contributed by atoms with Crippen molar-refractivity contribution in [2.75, 3.05) is 0 Å². The average Bonchev–Trinajstić information content (AvgIpc) is 2.34. The van der Waals surface area contributed by atoms with E-state index in [2.05, 4.69) is 0 Å². The Balaban J connectivity index is 2.15. The van der Waals surface area contributed by atoms with Crippen LogP contribution in [0.15, 0.2) is 35.2 Å². The van der Waals surface area contributed by atoms with Crippen LogP contribution in [-0.2, 0) is 14.3 Å². The first-order valence-electron chi connectivity index (χ1n) is 6.84. The molecule has 20 heavy (non-hydrogen) atoms. The average molecular weight is 294 g/mol. The maximum Gasteiger partial charge on any atom is 0.306 e. The van der Waals surface area contributed by atoms with Crippen molar-refractivity contribution in [3.63, 3.8) is 0 Å². The molecule has 0 bridgehead atoms. The van der Waals surface area contributed by atoms with Gasteiger partial charge >= 0.3 is 5.97 Å². The van der Waals surface area contributed by atoms with E-state index in [1.165, 1.54) is 11.8 Å². The third-order valence-electron chi connectivity index (χ3n) is 2.41. The van der Waals surface area contributed by atoms with E-state index in [0.29, 0.717) is 19.3 Å². The molecule has 0 unspecified atom stereocenters. The third kappa shape index (κ3) is 8.00. The van der Waals surface area contributed by atoms with Crippen molar-refractivity contribution in [1.82, 2.24) is 0 Å². The summed E-state index contributed by atoms with van der Waals surface area (Å²) in [4.78, 5) is 24.2. The van der Waals surface area contributed by atoms with Crippen molar-refractivity contribution in [2.24, 2.45) is 0 Å². The number of rotatable bonds is 6. The number of esters is 1. The van der Waals surface area contributed by atoms with Crippen LogP contribution in [0.1, 0.15) is 46.5 Å². The van der Waals surface area contributed by atoms with Crippen LogP contribution >= 0.6 is 11.8 Å². The summed E-state index contributed by atoms with van der Waals surface area (Å²) >= 11 is 1.26. The third-order valence-corrected chi connectivity index (χ3v) is 3.35. The first-order valence-corrected chi connectivity index (χ1v) is 7.66. The van der Waals surface area contributed by atoms with Crippen LogP contribution in [0, 0.1) is 0 Å². The minimum absolute atomic E-state index is 0.139. The fraction of sp³-hybridized carbons (Fsp3) is 0.500. The van der Waals surface area contributed by atoms with Gasteiger partial charge in [-0.05, 0) is 45.7 Å². The molecule has 0 N–H and O–H groups in total. The molecule has 0 saturated carbocycles. The molecule has 0 fully saturated rings. The fourth-order valence-corrected chi connectivity index (χ4v) is 2.40. The number of carbonyl (C=O) groups is 2. The van der Waals surface area contributed by atoms with Crippen LogP contribution in [0.25, 0.3) is 0 Å². The van der Waals surface area contributed by atoms with Gasteiger partial charge in [0, 0.05) is 17.7 Å². The molecule has 0 aromatic heterocycles. The monoisotopic (exact) mass is 294 g/mol. The molecule has 0 spiro atoms. The number of unbranched alkanes of at least 4 members (excludes halogenated alkanes) is 1. The summed E-state index contributed by atoms with van der Waals surface area (Å²) in [6.07, 6.45) is 2.27. The Morgan fingerprint density at radius 2 is 1.65 bits per heavy atom. The van der Waals surface area contributed by atoms with Crippen LogP contribution in [0.2, 0.25) is 0 Å². The quantitative estimate of drug-likeness (QED) is 0.448. The van der Waals surface area contributed by atoms with E-state index in [4.69, 9.17) is 4.74 Å². The van der Waals surface area contributed by atoms with E-state index in [0.717, 1.165) is 11.3 Å². The van der Waals surface area contributed by atoms with Crippen molar-refractivity contribution >= 4 is 22.8 Å². The van der Waals surface area contributed by atoms with Crippen molar-refractivity contribution in [1.29, 1.82) is 0 Å². The van der Waals surface area contributed by atoms with E-state index in [1.54, 1.807) is 0 Å². The van der Waals surface area contributed by atoms with E-state index >= 15 is 0 Å². The highest BCUT2D eigenvalue weighted by Crippen LogP contribution is 2.21. The minimum atomic E-state index is -0.434. The SMILES string of the molecule is CC(C)(C)OC(=O)CCCCC(=O)Sc1ccccc1. The topological polar surface area (TPSA) is 43.4 Å². The first kappa shape index (κ1) is 16.8. The van der Waals surface area contributed by atoms with Crippen LogP contribution in [0.3, 0.4) is 0 Å². The predicted molar refractivity (Wildman–Crippen MR) is 81.6 cm³/mol. The summed E-state index contributed by atoms with van der Waals surface area (Å²) in [5, 5.41) is 0.139. The second-order valence-corrected chi connectivity index (χ2v) is 6.71. The maximum atomic E-state index is 11.7. The number of hydrogen-bond donors (Lipinski definition) is 0. The Labute approximate surface area is 125 Å². The molecule has 0 atom stereocenters. The summed E-state index contributed by atoms with van der Waals surface area (Å²) in [7, 11) is 0. The minimum Gasteiger partial charge on any atom is -0.460 e. The van der Waals surface area contributed by atoms with Gasteiger partial charge < -0.3 is 4.74 Å². The molecule has 1 rings (SSSR count). The van der Waals surface area contributed by atoms with Crippen molar-refractivity contribution < 1.29 is 14.3 Å². The van der Waals surface area contributed by atoms with Crippen LogP contribution < -0.4 is 0 Å². The first-order chi connectivity index (χ1) is 9.37. The Kier molecular flexibility index (Phi) is 6.79. The zero-order valence-electron chi connectivity index (χ0n) is 12.3. The number of ether oxygens (including phenoxy) is 1. The Morgan fingerprint density at radius 3 is 2.25 bits per heavy atom. The number of thioether (sulfide) groups is 1. The van der Waals surface area contributed by atoms with Gasteiger partial charge in [-0.2, -0.15) is 0 Å². The van der Waals surface area contributed by atoms with Gasteiger partial charge in [-0.15, -0.1) is 0 Å². The zero-order valence-corrected chi connectivity index (χ0v) is 13.2. The Morgan fingerprint density at radius 1 is 1.05 bits per heavy atom. The molecular weight excluding hydrogens is 272 g/mol. The zero-order chi connectivity index (χ0) is 15.0. The van der Waals surface area contributed by atoms with Gasteiger partial charge in [0.05, 0.1) is 0 Å². The second kappa shape index (κ2) is 8.10. The van der Waals surface area contributed by atoms with Gasteiger partial charge in [0.15, 0.2) is 5.12 Å². The molecule has 0 aliphatic rings. The van der Waals surface area contributed by atoms with Gasteiger partial charge in [-0.1, -0.05) is 30.0 Å². The summed E-state index contributed by atoms with van der Waals surface area (Å²) in [6, 6.07) is 9.60. The van der Waals surface area contributed by atoms with Gasteiger partial charge in [0.2, 0.25) is 0 Å². The molecule has 3 nitrogen and oxygen atoms in total. The summed E-state index contributed by atoms with van der Waals surface area (Å²) in [6.45, 7) is 5.56. The lowest BCUT2D eigenvalue weighted by atomic mass is 10.1. The molecule has 4 heteroatoms. The molecule has 0 heterocycles. The van der Waals surface area contributed by atoms with Gasteiger partial charge in [0.25, 0.3) is 0 Å². The molecule has 110 valence electrons. The Hall–Kier alpha value is -1.29. The van der Waals surface area contributed by atoms with Crippen LogP contribution in [0.5, 0.6) is 0 Å². The molecule has 0 aliphatic heterocycles. The van der Waals surface area contributed by atoms with E-state index in [-0.39, 0.29) is 11.1 Å². The fourth-order valence-electron chi connectivity index (χ4n) is 1.60. The summed E-state index contributed by atoms with van der Waals surface area (Å²) in [5.41, 5.74) is -0.434. The lowest BCUT2D eigenvalue weighted by molar-refractivity contribution is -0.155. The highest BCUT2D eigenvalue weighted by Gasteiger charge is 2.15. The molecule has 1 aromatic rings. The van der Waals surface area contributed by atoms with Crippen molar-refractivity contribution in [3.8, 4) is 0 Å². The van der Waals surface area contributed by atoms with E-state index in [1.807, 2.05) is 51.1 Å². The normalized spacial score (nSPS) is 11.2. The Bertz CT molecular complexity index is 435. The molecule has 0 aliphatic carbocycles. The molecule has 0 amide bonds. The highest BCUT2D eigenvalue weighted by atomic mass is 32.2. The van der Waals surface area contributed by atoms with Crippen molar-refractivity contribution in [2.45, 2.75) is 57.0 Å². The largest absolute Gasteiger partial charge is 0.460 e. The van der Waals surface area contributed by atoms with Gasteiger partial charge in [0.1, 0.15) is 5.60 Å². The van der Waals surface area contributed by atoms with Gasteiger partial charge in [-0.25, -0.2) is 0 Å². The van der Waals surface area contributed by atoms with Crippen molar-refractivity contribution in [3.05, 3.63) is 30.3 Å². The molecule has 1 aromatic carbocycles. The second-order valence-electron chi connectivity index (χ2n) is 5.58. The number of benzene rings is 1.